The minimum Gasteiger partial charge on any atom is -0.459 e. The summed E-state index contributed by atoms with van der Waals surface area (Å²) in [4.78, 5) is 37.6. The van der Waals surface area contributed by atoms with Gasteiger partial charge in [0.05, 0.1) is 15.9 Å². The first-order valence-corrected chi connectivity index (χ1v) is 9.33. The van der Waals surface area contributed by atoms with Crippen LogP contribution in [0.1, 0.15) is 12.5 Å². The Kier molecular flexibility index (Phi) is 5.02. The first kappa shape index (κ1) is 19.1. The number of hydrogen-bond donors (Lipinski definition) is 0. The Morgan fingerprint density at radius 1 is 1.17 bits per heavy atom. The number of rotatable bonds is 5. The third kappa shape index (κ3) is 3.47. The van der Waals surface area contributed by atoms with Crippen LogP contribution in [-0.2, 0) is 29.2 Å². The summed E-state index contributed by atoms with van der Waals surface area (Å²) in [5.41, 5.74) is 0.0746. The van der Waals surface area contributed by atoms with E-state index in [1.165, 1.54) is 4.57 Å². The molecule has 3 aromatic rings. The summed E-state index contributed by atoms with van der Waals surface area (Å²) >= 11 is 6.13. The highest BCUT2D eigenvalue weighted by molar-refractivity contribution is 6.32. The first-order valence-electron chi connectivity index (χ1n) is 8.95. The minimum absolute atomic E-state index is 0.0463. The third-order valence-corrected chi connectivity index (χ3v) is 4.90. The van der Waals surface area contributed by atoms with E-state index in [1.54, 1.807) is 43.3 Å². The molecule has 1 aliphatic rings. The molecule has 0 saturated heterocycles. The van der Waals surface area contributed by atoms with E-state index in [9.17, 15) is 14.4 Å². The lowest BCUT2D eigenvalue weighted by molar-refractivity contribution is -0.145. The minimum atomic E-state index is -0.618. The van der Waals surface area contributed by atoms with Crippen molar-refractivity contribution in [3.05, 3.63) is 67.8 Å². The van der Waals surface area contributed by atoms with Gasteiger partial charge in [-0.1, -0.05) is 23.7 Å². The zero-order chi connectivity index (χ0) is 20.5. The molecule has 2 aromatic carbocycles. The molecule has 29 heavy (non-hydrogen) atoms. The standard InChI is InChI=1S/C20H17ClN2O6/c1-2-22-19(25)13-5-3-4-6-15(13)23(20(22)26)9-17(24)27-10-12-7-14(21)18-16(8-12)28-11-29-18/h3-8H,2,9-11H2,1H3. The molecule has 2 heterocycles. The molecule has 0 N–H and O–H groups in total. The van der Waals surface area contributed by atoms with Crippen LogP contribution in [0.4, 0.5) is 0 Å². The van der Waals surface area contributed by atoms with Crippen LogP contribution in [0.3, 0.4) is 0 Å². The van der Waals surface area contributed by atoms with Gasteiger partial charge in [0, 0.05) is 6.54 Å². The van der Waals surface area contributed by atoms with Crippen molar-refractivity contribution in [2.45, 2.75) is 26.6 Å². The van der Waals surface area contributed by atoms with Crippen LogP contribution in [-0.4, -0.2) is 21.9 Å². The lowest BCUT2D eigenvalue weighted by Gasteiger charge is -2.13. The molecule has 150 valence electrons. The molecule has 0 unspecified atom stereocenters. The maximum Gasteiger partial charge on any atom is 0.332 e. The van der Waals surface area contributed by atoms with Crippen LogP contribution in [0.2, 0.25) is 5.02 Å². The molecule has 0 amide bonds. The van der Waals surface area contributed by atoms with Crippen molar-refractivity contribution < 1.29 is 19.0 Å². The molecule has 1 aliphatic heterocycles. The number of aromatic nitrogens is 2. The van der Waals surface area contributed by atoms with Crippen molar-refractivity contribution >= 4 is 28.5 Å². The number of nitrogens with zero attached hydrogens (tertiary/aromatic N) is 2. The molecule has 0 spiro atoms. The van der Waals surface area contributed by atoms with E-state index in [0.29, 0.717) is 33.0 Å². The first-order chi connectivity index (χ1) is 14.0. The molecule has 1 aromatic heterocycles. The second kappa shape index (κ2) is 7.63. The van der Waals surface area contributed by atoms with Crippen LogP contribution in [0, 0.1) is 0 Å². The lowest BCUT2D eigenvalue weighted by atomic mass is 10.2. The maximum atomic E-state index is 12.7. The van der Waals surface area contributed by atoms with E-state index < -0.39 is 11.7 Å². The van der Waals surface area contributed by atoms with Crippen molar-refractivity contribution in [2.75, 3.05) is 6.79 Å². The van der Waals surface area contributed by atoms with E-state index in [1.807, 2.05) is 0 Å². The van der Waals surface area contributed by atoms with Crippen molar-refractivity contribution in [2.24, 2.45) is 0 Å². The fourth-order valence-electron chi connectivity index (χ4n) is 3.25. The molecular weight excluding hydrogens is 400 g/mol. The van der Waals surface area contributed by atoms with Gasteiger partial charge >= 0.3 is 11.7 Å². The molecule has 0 bridgehead atoms. The Labute approximate surface area is 169 Å². The van der Waals surface area contributed by atoms with Gasteiger partial charge in [0.1, 0.15) is 13.2 Å². The number of esters is 1. The van der Waals surface area contributed by atoms with Crippen LogP contribution in [0.5, 0.6) is 11.5 Å². The Hall–Kier alpha value is -3.26. The predicted molar refractivity (Wildman–Crippen MR) is 106 cm³/mol. The molecule has 4 rings (SSSR count). The van der Waals surface area contributed by atoms with Crippen molar-refractivity contribution in [3.8, 4) is 11.5 Å². The van der Waals surface area contributed by atoms with Crippen LogP contribution in [0.15, 0.2) is 46.0 Å². The molecule has 9 heteroatoms. The number of para-hydroxylation sites is 1. The second-order valence-corrected chi connectivity index (χ2v) is 6.81. The number of hydrogen-bond acceptors (Lipinski definition) is 6. The topological polar surface area (TPSA) is 88.8 Å². The molecule has 0 fully saturated rings. The van der Waals surface area contributed by atoms with Crippen molar-refractivity contribution in [1.82, 2.24) is 9.13 Å². The summed E-state index contributed by atoms with van der Waals surface area (Å²) in [6.07, 6.45) is 0. The monoisotopic (exact) mass is 416 g/mol. The van der Waals surface area contributed by atoms with Gasteiger partial charge in [-0.3, -0.25) is 18.7 Å². The van der Waals surface area contributed by atoms with Gasteiger partial charge < -0.3 is 14.2 Å². The average molecular weight is 417 g/mol. The Balaban J connectivity index is 1.58. The number of halogens is 1. The smallest absolute Gasteiger partial charge is 0.332 e. The van der Waals surface area contributed by atoms with Gasteiger partial charge in [-0.2, -0.15) is 0 Å². The highest BCUT2D eigenvalue weighted by Crippen LogP contribution is 2.39. The molecule has 0 aliphatic carbocycles. The fraction of sp³-hybridized carbons (Fsp3) is 0.250. The number of ether oxygens (including phenoxy) is 3. The zero-order valence-electron chi connectivity index (χ0n) is 15.5. The van der Waals surface area contributed by atoms with Gasteiger partial charge in [0.25, 0.3) is 5.56 Å². The lowest BCUT2D eigenvalue weighted by Crippen LogP contribution is -2.40. The van der Waals surface area contributed by atoms with Crippen LogP contribution < -0.4 is 20.7 Å². The van der Waals surface area contributed by atoms with Crippen molar-refractivity contribution in [1.29, 1.82) is 0 Å². The molecular formula is C20H17ClN2O6. The summed E-state index contributed by atoms with van der Waals surface area (Å²) in [5, 5.41) is 0.729. The normalized spacial score (nSPS) is 12.3. The Morgan fingerprint density at radius 3 is 2.76 bits per heavy atom. The van der Waals surface area contributed by atoms with Gasteiger partial charge in [-0.25, -0.2) is 4.79 Å². The van der Waals surface area contributed by atoms with Gasteiger partial charge in [-0.05, 0) is 36.8 Å². The number of benzene rings is 2. The van der Waals surface area contributed by atoms with E-state index in [-0.39, 0.29) is 32.0 Å². The maximum absolute atomic E-state index is 12.7. The summed E-state index contributed by atoms with van der Waals surface area (Å²) in [6, 6.07) is 9.97. The largest absolute Gasteiger partial charge is 0.459 e. The van der Waals surface area contributed by atoms with Gasteiger partial charge in [0.15, 0.2) is 11.5 Å². The molecule has 0 radical (unpaired) electrons. The summed E-state index contributed by atoms with van der Waals surface area (Å²) < 4.78 is 18.2. The number of carbonyl (C=O) groups excluding carboxylic acids is 1. The fourth-order valence-corrected chi connectivity index (χ4v) is 3.53. The quantitative estimate of drug-likeness (QED) is 0.593. The van der Waals surface area contributed by atoms with Crippen LogP contribution >= 0.6 is 11.6 Å². The Morgan fingerprint density at radius 2 is 1.97 bits per heavy atom. The van der Waals surface area contributed by atoms with E-state index in [2.05, 4.69) is 0 Å². The molecule has 0 saturated carbocycles. The third-order valence-electron chi connectivity index (χ3n) is 4.62. The molecule has 8 nitrogen and oxygen atoms in total. The van der Waals surface area contributed by atoms with E-state index in [4.69, 9.17) is 25.8 Å². The predicted octanol–water partition coefficient (Wildman–Crippen LogP) is 2.31. The summed E-state index contributed by atoms with van der Waals surface area (Å²) in [5.74, 6) is 0.328. The number of fused-ring (bicyclic) bond motifs is 2. The SMILES string of the molecule is CCn1c(=O)c2ccccc2n(CC(=O)OCc2cc(Cl)c3c(c2)OCO3)c1=O. The van der Waals surface area contributed by atoms with Gasteiger partial charge in [-0.15, -0.1) is 0 Å². The highest BCUT2D eigenvalue weighted by atomic mass is 35.5. The average Bonchev–Trinajstić information content (AvgIpc) is 3.19. The molecule has 0 atom stereocenters. The van der Waals surface area contributed by atoms with Gasteiger partial charge in [0.2, 0.25) is 6.79 Å². The summed E-state index contributed by atoms with van der Waals surface area (Å²) in [7, 11) is 0. The second-order valence-electron chi connectivity index (χ2n) is 6.41. The van der Waals surface area contributed by atoms with E-state index >= 15 is 0 Å². The van der Waals surface area contributed by atoms with Crippen molar-refractivity contribution in [3.63, 3.8) is 0 Å². The van der Waals surface area contributed by atoms with E-state index in [0.717, 1.165) is 4.57 Å². The zero-order valence-corrected chi connectivity index (χ0v) is 16.3. The number of carbonyl (C=O) groups is 1. The highest BCUT2D eigenvalue weighted by Gasteiger charge is 2.19. The van der Waals surface area contributed by atoms with Crippen LogP contribution in [0.25, 0.3) is 10.9 Å². The Bertz CT molecular complexity index is 1230. The summed E-state index contributed by atoms with van der Waals surface area (Å²) in [6.45, 7) is 1.62.